The van der Waals surface area contributed by atoms with Crippen LogP contribution in [0, 0.1) is 0 Å². The van der Waals surface area contributed by atoms with E-state index in [2.05, 4.69) is 5.32 Å². The van der Waals surface area contributed by atoms with Crippen LogP contribution in [-0.2, 0) is 4.74 Å². The number of methoxy groups -OCH3 is 2. The second-order valence-corrected chi connectivity index (χ2v) is 6.53. The number of para-hydroxylation sites is 1. The molecule has 128 valence electrons. The number of carbonyl (C=O) groups excluding carboxylic acids is 2. The standard InChI is InChI=1S/C18H14ClNO4S/c1-23-10-7-8-14-12(9-10)15(19)16(25-14)17(21)20-13-6-4-3-5-11(13)18(22)24-2/h3-9H,1-2H3,(H,20,21). The van der Waals surface area contributed by atoms with Crippen molar-refractivity contribution < 1.29 is 19.1 Å². The number of halogens is 1. The number of rotatable bonds is 4. The SMILES string of the molecule is COC(=O)c1ccccc1NC(=O)c1sc2ccc(OC)cc2c1Cl. The van der Waals surface area contributed by atoms with Gasteiger partial charge in [-0.15, -0.1) is 11.3 Å². The molecule has 3 aromatic rings. The molecule has 0 bridgehead atoms. The summed E-state index contributed by atoms with van der Waals surface area (Å²) in [6, 6.07) is 12.1. The molecule has 0 aliphatic heterocycles. The zero-order valence-corrected chi connectivity index (χ0v) is 15.0. The monoisotopic (exact) mass is 375 g/mol. The van der Waals surface area contributed by atoms with E-state index in [0.717, 1.165) is 10.1 Å². The minimum atomic E-state index is -0.525. The molecular weight excluding hydrogens is 362 g/mol. The van der Waals surface area contributed by atoms with Crippen LogP contribution in [0.4, 0.5) is 5.69 Å². The van der Waals surface area contributed by atoms with Crippen LogP contribution >= 0.6 is 22.9 Å². The van der Waals surface area contributed by atoms with E-state index in [4.69, 9.17) is 21.1 Å². The van der Waals surface area contributed by atoms with E-state index in [1.807, 2.05) is 12.1 Å². The minimum Gasteiger partial charge on any atom is -0.497 e. The van der Waals surface area contributed by atoms with Crippen molar-refractivity contribution in [2.75, 3.05) is 19.5 Å². The number of hydrogen-bond acceptors (Lipinski definition) is 5. The van der Waals surface area contributed by atoms with Gasteiger partial charge in [0.2, 0.25) is 0 Å². The van der Waals surface area contributed by atoms with Gasteiger partial charge in [-0.25, -0.2) is 4.79 Å². The van der Waals surface area contributed by atoms with E-state index in [1.165, 1.54) is 18.4 Å². The molecule has 0 spiro atoms. The number of thiophene rings is 1. The molecule has 0 unspecified atom stereocenters. The Morgan fingerprint density at radius 1 is 1.12 bits per heavy atom. The summed E-state index contributed by atoms with van der Waals surface area (Å²) in [7, 11) is 2.86. The van der Waals surface area contributed by atoms with Gasteiger partial charge in [0.1, 0.15) is 10.6 Å². The van der Waals surface area contributed by atoms with E-state index in [-0.39, 0.29) is 11.5 Å². The van der Waals surface area contributed by atoms with Crippen molar-refractivity contribution in [1.29, 1.82) is 0 Å². The molecule has 1 N–H and O–H groups in total. The van der Waals surface area contributed by atoms with E-state index in [1.54, 1.807) is 37.4 Å². The normalized spacial score (nSPS) is 10.5. The summed E-state index contributed by atoms with van der Waals surface area (Å²) < 4.78 is 10.8. The van der Waals surface area contributed by atoms with Gasteiger partial charge in [-0.2, -0.15) is 0 Å². The van der Waals surface area contributed by atoms with Gasteiger partial charge in [0.05, 0.1) is 30.5 Å². The van der Waals surface area contributed by atoms with Crippen molar-refractivity contribution in [2.24, 2.45) is 0 Å². The number of carbonyl (C=O) groups is 2. The van der Waals surface area contributed by atoms with Crippen molar-refractivity contribution in [3.8, 4) is 5.75 Å². The number of ether oxygens (including phenoxy) is 2. The molecule has 5 nitrogen and oxygen atoms in total. The molecule has 0 aliphatic rings. The first kappa shape index (κ1) is 17.3. The Balaban J connectivity index is 1.96. The summed E-state index contributed by atoms with van der Waals surface area (Å²) in [4.78, 5) is 24.8. The van der Waals surface area contributed by atoms with Gasteiger partial charge in [-0.3, -0.25) is 4.79 Å². The van der Waals surface area contributed by atoms with Gasteiger partial charge in [-0.1, -0.05) is 23.7 Å². The fraction of sp³-hybridized carbons (Fsp3) is 0.111. The zero-order valence-electron chi connectivity index (χ0n) is 13.5. The molecule has 0 atom stereocenters. The number of amides is 1. The third kappa shape index (κ3) is 3.31. The van der Waals surface area contributed by atoms with Crippen LogP contribution in [0.5, 0.6) is 5.75 Å². The Morgan fingerprint density at radius 3 is 2.60 bits per heavy atom. The highest BCUT2D eigenvalue weighted by Crippen LogP contribution is 2.37. The van der Waals surface area contributed by atoms with E-state index in [0.29, 0.717) is 21.3 Å². The second-order valence-electron chi connectivity index (χ2n) is 5.10. The maximum absolute atomic E-state index is 12.7. The first-order valence-electron chi connectivity index (χ1n) is 7.30. The van der Waals surface area contributed by atoms with Crippen LogP contribution in [-0.4, -0.2) is 26.1 Å². The Labute approximate surface area is 153 Å². The predicted octanol–water partition coefficient (Wildman–Crippen LogP) is 4.60. The largest absolute Gasteiger partial charge is 0.497 e. The zero-order chi connectivity index (χ0) is 18.0. The lowest BCUT2D eigenvalue weighted by Crippen LogP contribution is -2.14. The molecule has 3 rings (SSSR count). The number of fused-ring (bicyclic) bond motifs is 1. The molecule has 0 saturated carbocycles. The van der Waals surface area contributed by atoms with Crippen molar-refractivity contribution in [2.45, 2.75) is 0 Å². The summed E-state index contributed by atoms with van der Waals surface area (Å²) in [5, 5.41) is 3.83. The van der Waals surface area contributed by atoms with Crippen molar-refractivity contribution in [1.82, 2.24) is 0 Å². The fourth-order valence-electron chi connectivity index (χ4n) is 2.38. The Bertz CT molecular complexity index is 967. The molecule has 25 heavy (non-hydrogen) atoms. The number of hydrogen-bond donors (Lipinski definition) is 1. The van der Waals surface area contributed by atoms with Gasteiger partial charge in [0, 0.05) is 10.1 Å². The smallest absolute Gasteiger partial charge is 0.339 e. The minimum absolute atomic E-state index is 0.275. The number of benzene rings is 2. The van der Waals surface area contributed by atoms with Crippen molar-refractivity contribution >= 4 is 50.6 Å². The Kier molecular flexibility index (Phi) is 4.92. The summed E-state index contributed by atoms with van der Waals surface area (Å²) >= 11 is 7.65. The predicted molar refractivity (Wildman–Crippen MR) is 99.1 cm³/mol. The second kappa shape index (κ2) is 7.13. The molecule has 1 heterocycles. The average molecular weight is 376 g/mol. The number of esters is 1. The van der Waals surface area contributed by atoms with Crippen LogP contribution in [0.25, 0.3) is 10.1 Å². The van der Waals surface area contributed by atoms with Gasteiger partial charge in [0.15, 0.2) is 0 Å². The molecule has 7 heteroatoms. The fourth-order valence-corrected chi connectivity index (χ4v) is 3.76. The van der Waals surface area contributed by atoms with Crippen LogP contribution < -0.4 is 10.1 Å². The highest BCUT2D eigenvalue weighted by molar-refractivity contribution is 7.21. The lowest BCUT2D eigenvalue weighted by molar-refractivity contribution is 0.0602. The Hall–Kier alpha value is -2.57. The Morgan fingerprint density at radius 2 is 1.88 bits per heavy atom. The summed E-state index contributed by atoms with van der Waals surface area (Å²) in [5.74, 6) is -0.250. The van der Waals surface area contributed by atoms with Crippen LogP contribution in [0.2, 0.25) is 5.02 Å². The summed E-state index contributed by atoms with van der Waals surface area (Å²) in [6.07, 6.45) is 0. The van der Waals surface area contributed by atoms with E-state index >= 15 is 0 Å². The molecule has 0 saturated heterocycles. The quantitative estimate of drug-likeness (QED) is 0.677. The lowest BCUT2D eigenvalue weighted by atomic mass is 10.1. The van der Waals surface area contributed by atoms with Gasteiger partial charge in [-0.05, 0) is 30.3 Å². The number of nitrogens with one attached hydrogen (secondary N) is 1. The van der Waals surface area contributed by atoms with E-state index < -0.39 is 5.97 Å². The maximum atomic E-state index is 12.7. The third-order valence-corrected chi connectivity index (χ3v) is 5.30. The molecule has 0 aliphatic carbocycles. The first-order valence-corrected chi connectivity index (χ1v) is 8.49. The number of anilines is 1. The summed E-state index contributed by atoms with van der Waals surface area (Å²) in [6.45, 7) is 0. The van der Waals surface area contributed by atoms with Gasteiger partial charge in [0.25, 0.3) is 5.91 Å². The third-order valence-electron chi connectivity index (χ3n) is 3.62. The topological polar surface area (TPSA) is 64.6 Å². The van der Waals surface area contributed by atoms with Crippen molar-refractivity contribution in [3.05, 3.63) is 57.9 Å². The molecule has 1 amide bonds. The van der Waals surface area contributed by atoms with Gasteiger partial charge >= 0.3 is 5.97 Å². The van der Waals surface area contributed by atoms with Crippen molar-refractivity contribution in [3.63, 3.8) is 0 Å². The van der Waals surface area contributed by atoms with E-state index in [9.17, 15) is 9.59 Å². The molecule has 0 fully saturated rings. The molecule has 1 aromatic heterocycles. The van der Waals surface area contributed by atoms with Crippen LogP contribution in [0.15, 0.2) is 42.5 Å². The first-order chi connectivity index (χ1) is 12.0. The lowest BCUT2D eigenvalue weighted by Gasteiger charge is -2.08. The molecule has 0 radical (unpaired) electrons. The van der Waals surface area contributed by atoms with Crippen LogP contribution in [0.1, 0.15) is 20.0 Å². The average Bonchev–Trinajstić information content (AvgIpc) is 2.97. The highest BCUT2D eigenvalue weighted by Gasteiger charge is 2.20. The molecule has 2 aromatic carbocycles. The summed E-state index contributed by atoms with van der Waals surface area (Å²) in [5.41, 5.74) is 0.641. The maximum Gasteiger partial charge on any atom is 0.339 e. The molecular formula is C18H14ClNO4S. The van der Waals surface area contributed by atoms with Crippen LogP contribution in [0.3, 0.4) is 0 Å². The van der Waals surface area contributed by atoms with Gasteiger partial charge < -0.3 is 14.8 Å². The highest BCUT2D eigenvalue weighted by atomic mass is 35.5.